The number of hydrogen-bond donors (Lipinski definition) is 2. The van der Waals surface area contributed by atoms with Crippen molar-refractivity contribution in [1.82, 2.24) is 0 Å². The van der Waals surface area contributed by atoms with Crippen molar-refractivity contribution in [2.24, 2.45) is 0 Å². The third-order valence-electron chi connectivity index (χ3n) is 11.9. The van der Waals surface area contributed by atoms with Crippen molar-refractivity contribution in [1.29, 1.82) is 0 Å². The predicted octanol–water partition coefficient (Wildman–Crippen LogP) is 26.1. The molecule has 0 spiro atoms. The Labute approximate surface area is 451 Å². The Balaban J connectivity index is 1.37. The number of nitrogens with one attached hydrogen (secondary N) is 2. The van der Waals surface area contributed by atoms with Crippen LogP contribution in [0.4, 0.5) is 120 Å². The fourth-order valence-corrected chi connectivity index (χ4v) is 12.4. The summed E-state index contributed by atoms with van der Waals surface area (Å²) in [5, 5.41) is 0.410. The standard InChI is InChI=1S/C47H25F26N2O4PS4/c48-46(49,50)28-19-29(47(51,52)53)21-31(20-28)75-45(76)74-30-9-11-32(12-10-30)77-80-78-43-39(26-13-33(81(54,55,56,57)58)22-34(14-26)82(59,60,61,62)63)17-24-5-1-3-7-37(24)41(43)42-38-8-4-2-6-25(38)18-40(44(42)79-80)27-15-35(83(64,65,66,67)68)23-36(16-27)84(69,70,71,72)73/h1-23H,(H2,74,75,76). The largest absolute Gasteiger partial charge is 0.453 e. The van der Waals surface area contributed by atoms with Crippen LogP contribution in [0.3, 0.4) is 0 Å². The van der Waals surface area contributed by atoms with Crippen LogP contribution in [0.15, 0.2) is 168 Å². The summed E-state index contributed by atoms with van der Waals surface area (Å²) in [5.41, 5.74) is -14.0. The Morgan fingerprint density at radius 3 is 1.07 bits per heavy atom. The number of alkyl halides is 6. The molecule has 1 heterocycles. The SMILES string of the molecule is O=C(Nc1ccc(Op2oc3c(-c4cc(S(F)(F)(F)(F)F)cc(S(F)(F)(F)(F)F)c4)cc4ccccc4c3c3c(o2)c(-c2cc(S(F)(F)(F)(F)F)cc(S(F)(F)(F)(F)F)c2)cc2ccccc23)cc1)Nc1cc(C(F)(F)F)cc(C(F)(F)F)c1. The summed E-state index contributed by atoms with van der Waals surface area (Å²) in [5.74, 6) is -0.702. The number of benzene rings is 8. The molecule has 0 aliphatic heterocycles. The first-order valence-corrected chi connectivity index (χ1v) is 30.9. The molecule has 9 aromatic rings. The summed E-state index contributed by atoms with van der Waals surface area (Å²) in [7, 11) is -50.0. The van der Waals surface area contributed by atoms with Crippen LogP contribution in [0.25, 0.3) is 65.7 Å². The first-order valence-electron chi connectivity index (χ1n) is 22.0. The highest BCUT2D eigenvalue weighted by atomic mass is 32.5. The van der Waals surface area contributed by atoms with Crippen molar-refractivity contribution < 1.29 is 122 Å². The molecule has 2 amide bonds. The summed E-state index contributed by atoms with van der Waals surface area (Å²) in [6.45, 7) is 0. The second-order valence-corrected chi connectivity index (χ2v) is 29.0. The van der Waals surface area contributed by atoms with Gasteiger partial charge < -0.3 is 23.6 Å². The predicted molar refractivity (Wildman–Crippen MR) is 269 cm³/mol. The number of hydrogen-bond acceptors (Lipinski definition) is 4. The number of fused-ring (bicyclic) bond motifs is 7. The zero-order chi connectivity index (χ0) is 62.7. The molecular weight excluding hydrogens is 1310 g/mol. The van der Waals surface area contributed by atoms with Crippen molar-refractivity contribution in [3.05, 3.63) is 151 Å². The third kappa shape index (κ3) is 13.0. The van der Waals surface area contributed by atoms with E-state index in [1.807, 2.05) is 5.32 Å². The minimum absolute atomic E-state index is 0.115. The lowest BCUT2D eigenvalue weighted by Crippen LogP contribution is -2.20. The van der Waals surface area contributed by atoms with E-state index >= 15 is 0 Å². The van der Waals surface area contributed by atoms with Crippen LogP contribution in [-0.2, 0) is 12.4 Å². The van der Waals surface area contributed by atoms with Crippen LogP contribution in [0, 0.1) is 0 Å². The van der Waals surface area contributed by atoms with E-state index in [0.717, 1.165) is 72.8 Å². The van der Waals surface area contributed by atoms with Crippen LogP contribution in [-0.4, -0.2) is 6.03 Å². The number of rotatable bonds is 10. The van der Waals surface area contributed by atoms with Gasteiger partial charge in [0.05, 0.1) is 11.1 Å². The Bertz CT molecular complexity index is 4030. The fraction of sp³-hybridized carbons (Fsp3) is 0.0426. The van der Waals surface area contributed by atoms with E-state index in [2.05, 4.69) is 0 Å². The molecule has 0 bridgehead atoms. The topological polar surface area (TPSA) is 76.6 Å². The lowest BCUT2D eigenvalue weighted by Gasteiger charge is -2.44. The minimum atomic E-state index is -11.5. The van der Waals surface area contributed by atoms with Gasteiger partial charge in [-0.15, -0.1) is 0 Å². The third-order valence-corrected chi connectivity index (χ3v) is 17.4. The molecule has 2 N–H and O–H groups in total. The average Bonchev–Trinajstić information content (AvgIpc) is 0.850. The molecule has 0 aliphatic rings. The minimum Gasteiger partial charge on any atom is -0.391 e. The summed E-state index contributed by atoms with van der Waals surface area (Å²) < 4.78 is 390. The van der Waals surface area contributed by atoms with E-state index in [0.29, 0.717) is 12.1 Å². The van der Waals surface area contributed by atoms with Gasteiger partial charge in [0.25, 0.3) is 0 Å². The molecule has 0 saturated carbocycles. The normalized spacial score (nSPS) is 16.8. The van der Waals surface area contributed by atoms with Gasteiger partial charge in [-0.25, -0.2) is 4.79 Å². The van der Waals surface area contributed by atoms with Crippen molar-refractivity contribution in [3.63, 3.8) is 0 Å². The molecule has 8 aromatic carbocycles. The highest BCUT2D eigenvalue weighted by molar-refractivity contribution is 8.47. The van der Waals surface area contributed by atoms with Crippen LogP contribution in [0.2, 0.25) is 0 Å². The van der Waals surface area contributed by atoms with Crippen LogP contribution in [0.1, 0.15) is 11.1 Å². The molecule has 9 rings (SSSR count). The number of halogens is 26. The number of carbonyl (C=O) groups excluding carboxylic acids is 1. The average molecular weight is 1330 g/mol. The molecular formula is C47H25F26N2O4PS4. The first kappa shape index (κ1) is 61.4. The molecule has 0 unspecified atom stereocenters. The van der Waals surface area contributed by atoms with Gasteiger partial charge in [-0.2, -0.15) is 26.3 Å². The van der Waals surface area contributed by atoms with Crippen LogP contribution in [0.5, 0.6) is 5.75 Å². The molecule has 0 saturated heterocycles. The first-order chi connectivity index (χ1) is 37.3. The van der Waals surface area contributed by atoms with E-state index in [4.69, 9.17) is 12.9 Å². The number of carbonyl (C=O) groups is 1. The molecule has 1 aromatic heterocycles. The maximum Gasteiger partial charge on any atom is 0.453 e. The van der Waals surface area contributed by atoms with E-state index in [-0.39, 0.29) is 29.0 Å². The molecule has 0 fully saturated rings. The number of anilines is 2. The van der Waals surface area contributed by atoms with Gasteiger partial charge in [-0.05, 0) is 124 Å². The Kier molecular flexibility index (Phi) is 11.8. The van der Waals surface area contributed by atoms with Crippen molar-refractivity contribution in [2.45, 2.75) is 31.9 Å². The van der Waals surface area contributed by atoms with Gasteiger partial charge in [0.2, 0.25) is 0 Å². The summed E-state index contributed by atoms with van der Waals surface area (Å²) in [4.78, 5) is -1.48. The van der Waals surface area contributed by atoms with Gasteiger partial charge in [0, 0.05) is 33.3 Å². The second-order valence-electron chi connectivity index (χ2n) is 18.4. The van der Waals surface area contributed by atoms with E-state index < -0.39 is 207 Å². The Hall–Kier alpha value is -7.17. The molecule has 6 nitrogen and oxygen atoms in total. The van der Waals surface area contributed by atoms with E-state index in [9.17, 15) is 109 Å². The lowest BCUT2D eigenvalue weighted by molar-refractivity contribution is -0.143. The van der Waals surface area contributed by atoms with Crippen molar-refractivity contribution >= 4 is 110 Å². The van der Waals surface area contributed by atoms with Gasteiger partial charge in [-0.1, -0.05) is 126 Å². The van der Waals surface area contributed by atoms with Crippen molar-refractivity contribution in [2.75, 3.05) is 10.6 Å². The number of amides is 2. The number of urea groups is 1. The van der Waals surface area contributed by atoms with Gasteiger partial charge >= 0.3 is 67.5 Å². The fourth-order valence-electron chi connectivity index (χ4n) is 8.33. The Morgan fingerprint density at radius 2 is 0.738 bits per heavy atom. The van der Waals surface area contributed by atoms with Gasteiger partial charge in [0.15, 0.2) is 11.2 Å². The van der Waals surface area contributed by atoms with Crippen molar-refractivity contribution in [3.8, 4) is 28.0 Å². The highest BCUT2D eigenvalue weighted by Gasteiger charge is 2.71. The lowest BCUT2D eigenvalue weighted by atomic mass is 9.91. The molecule has 84 heavy (non-hydrogen) atoms. The quantitative estimate of drug-likeness (QED) is 0.134. The zero-order valence-corrected chi connectivity index (χ0v) is 44.0. The second kappa shape index (κ2) is 16.2. The van der Waals surface area contributed by atoms with Crippen LogP contribution >= 0.6 is 49.1 Å². The van der Waals surface area contributed by atoms with Gasteiger partial charge in [0.1, 0.15) is 25.3 Å². The molecule has 0 radical (unpaired) electrons. The van der Waals surface area contributed by atoms with Gasteiger partial charge in [-0.3, -0.25) is 0 Å². The zero-order valence-electron chi connectivity index (χ0n) is 39.8. The van der Waals surface area contributed by atoms with E-state index in [1.165, 1.54) is 0 Å². The summed E-state index contributed by atoms with van der Waals surface area (Å²) in [6, 6.07) is 5.18. The monoisotopic (exact) mass is 1330 g/mol. The summed E-state index contributed by atoms with van der Waals surface area (Å²) >= 11 is 0. The molecule has 0 atom stereocenters. The maximum atomic E-state index is 14.6. The van der Waals surface area contributed by atoms with E-state index in [1.54, 1.807) is 5.32 Å². The molecule has 458 valence electrons. The maximum absolute atomic E-state index is 14.6. The van der Waals surface area contributed by atoms with Crippen LogP contribution < -0.4 is 15.2 Å². The smallest absolute Gasteiger partial charge is 0.391 e. The summed E-state index contributed by atoms with van der Waals surface area (Å²) in [6.07, 6.45) is -10.7. The molecule has 0 aliphatic carbocycles. The Morgan fingerprint density at radius 1 is 0.405 bits per heavy atom. The highest BCUT2D eigenvalue weighted by Crippen LogP contribution is 3.06. The molecule has 37 heteroatoms.